The highest BCUT2D eigenvalue weighted by atomic mass is 19.1. The van der Waals surface area contributed by atoms with E-state index in [0.717, 1.165) is 30.6 Å². The number of halogens is 1. The number of carbonyl (C=O) groups is 1. The smallest absolute Gasteiger partial charge is 0.306 e. The van der Waals surface area contributed by atoms with Gasteiger partial charge >= 0.3 is 5.97 Å². The number of aliphatic carboxylic acids is 1. The summed E-state index contributed by atoms with van der Waals surface area (Å²) in [6, 6.07) is 12.7. The Kier molecular flexibility index (Phi) is 5.48. The minimum Gasteiger partial charge on any atom is -0.497 e. The molecule has 1 N–H and O–H groups in total. The predicted molar refractivity (Wildman–Crippen MR) is 108 cm³/mol. The maximum Gasteiger partial charge on any atom is 0.306 e. The van der Waals surface area contributed by atoms with E-state index in [1.165, 1.54) is 6.07 Å². The second-order valence-electron chi connectivity index (χ2n) is 8.36. The average Bonchev–Trinajstić information content (AvgIpc) is 3.63. The van der Waals surface area contributed by atoms with Crippen LogP contribution < -0.4 is 9.47 Å². The molecule has 0 unspecified atom stereocenters. The minimum absolute atomic E-state index is 0.0237. The van der Waals surface area contributed by atoms with Crippen LogP contribution in [0.4, 0.5) is 4.39 Å². The van der Waals surface area contributed by atoms with Crippen LogP contribution in [0.2, 0.25) is 0 Å². The van der Waals surface area contributed by atoms with E-state index in [9.17, 15) is 14.3 Å². The number of methoxy groups -OCH3 is 1. The first kappa shape index (κ1) is 19.7. The molecule has 4 rings (SSSR count). The molecule has 0 spiro atoms. The molecule has 0 heterocycles. The van der Waals surface area contributed by atoms with Gasteiger partial charge in [0.05, 0.1) is 19.6 Å². The van der Waals surface area contributed by atoms with Gasteiger partial charge < -0.3 is 14.6 Å². The lowest BCUT2D eigenvalue weighted by atomic mass is 9.83. The first-order chi connectivity index (χ1) is 14.0. The fraction of sp³-hybridized carbons (Fsp3) is 0.458. The molecule has 2 saturated carbocycles. The second-order valence-corrected chi connectivity index (χ2v) is 8.36. The summed E-state index contributed by atoms with van der Waals surface area (Å²) in [7, 11) is 1.58. The van der Waals surface area contributed by atoms with E-state index in [2.05, 4.69) is 0 Å². The maximum atomic E-state index is 14.2. The van der Waals surface area contributed by atoms with Gasteiger partial charge in [-0.15, -0.1) is 0 Å². The summed E-state index contributed by atoms with van der Waals surface area (Å²) in [5.74, 6) is 0.945. The molecule has 2 aliphatic rings. The summed E-state index contributed by atoms with van der Waals surface area (Å²) in [4.78, 5) is 11.5. The van der Waals surface area contributed by atoms with Crippen LogP contribution in [0.3, 0.4) is 0 Å². The van der Waals surface area contributed by atoms with Crippen molar-refractivity contribution in [1.29, 1.82) is 0 Å². The number of carboxylic acids is 1. The summed E-state index contributed by atoms with van der Waals surface area (Å²) in [6.07, 6.45) is 3.07. The van der Waals surface area contributed by atoms with E-state index in [1.807, 2.05) is 24.3 Å². The van der Waals surface area contributed by atoms with E-state index in [4.69, 9.17) is 9.47 Å². The van der Waals surface area contributed by atoms with E-state index in [-0.39, 0.29) is 23.6 Å². The van der Waals surface area contributed by atoms with Gasteiger partial charge in [0.25, 0.3) is 0 Å². The first-order valence-electron chi connectivity index (χ1n) is 10.3. The lowest BCUT2D eigenvalue weighted by Gasteiger charge is -2.21. The lowest BCUT2D eigenvalue weighted by Crippen LogP contribution is -2.20. The maximum absolute atomic E-state index is 14.2. The molecule has 2 aliphatic carbocycles. The molecule has 0 radical (unpaired) electrons. The van der Waals surface area contributed by atoms with Crippen LogP contribution in [0.1, 0.15) is 49.1 Å². The first-order valence-corrected chi connectivity index (χ1v) is 10.3. The summed E-state index contributed by atoms with van der Waals surface area (Å²) >= 11 is 0. The fourth-order valence-corrected chi connectivity index (χ4v) is 4.34. The summed E-state index contributed by atoms with van der Waals surface area (Å²) in [5.41, 5.74) is 1.72. The van der Waals surface area contributed by atoms with Crippen molar-refractivity contribution < 1.29 is 23.8 Å². The van der Waals surface area contributed by atoms with Gasteiger partial charge in [-0.3, -0.25) is 4.79 Å². The third-order valence-electron chi connectivity index (χ3n) is 6.29. The van der Waals surface area contributed by atoms with Crippen LogP contribution in [0.15, 0.2) is 42.5 Å². The molecule has 2 aromatic rings. The summed E-state index contributed by atoms with van der Waals surface area (Å²) in [6.45, 7) is 2.31. The molecule has 29 heavy (non-hydrogen) atoms. The van der Waals surface area contributed by atoms with Gasteiger partial charge in [0, 0.05) is 5.92 Å². The van der Waals surface area contributed by atoms with Crippen molar-refractivity contribution in [2.75, 3.05) is 13.7 Å². The monoisotopic (exact) mass is 398 g/mol. The molecule has 0 saturated heterocycles. The van der Waals surface area contributed by atoms with Crippen molar-refractivity contribution in [1.82, 2.24) is 0 Å². The fourth-order valence-electron chi connectivity index (χ4n) is 4.34. The van der Waals surface area contributed by atoms with Crippen molar-refractivity contribution in [2.45, 2.75) is 38.0 Å². The van der Waals surface area contributed by atoms with E-state index in [1.54, 1.807) is 26.2 Å². The quantitative estimate of drug-likeness (QED) is 0.628. The number of hydrogen-bond acceptors (Lipinski definition) is 3. The SMILES string of the molecule is COc1ccc(F)c([C@H]2C[C@@H]2COc2cccc([C@H](C3CC3)[C@H](C)C(=O)O)c2)c1. The standard InChI is InChI=1S/C24H27FO4/c1-14(24(26)27)23(15-6-7-15)16-4-3-5-19(10-16)29-13-17-11-20(17)21-12-18(28-2)8-9-22(21)25/h3-5,8-10,12,14-15,17,20,23H,6-7,11,13H2,1-2H3,(H,26,27)/t14-,17+,20-,23-/m0/s1. The van der Waals surface area contributed by atoms with E-state index >= 15 is 0 Å². The molecule has 4 atom stereocenters. The van der Waals surface area contributed by atoms with E-state index in [0.29, 0.717) is 23.8 Å². The predicted octanol–water partition coefficient (Wildman–Crippen LogP) is 5.23. The summed E-state index contributed by atoms with van der Waals surface area (Å²) in [5, 5.41) is 9.47. The Bertz CT molecular complexity index is 892. The largest absolute Gasteiger partial charge is 0.497 e. The zero-order valence-corrected chi connectivity index (χ0v) is 16.8. The molecule has 0 aliphatic heterocycles. The van der Waals surface area contributed by atoms with Crippen LogP contribution in [0.5, 0.6) is 11.5 Å². The van der Waals surface area contributed by atoms with Crippen molar-refractivity contribution >= 4 is 5.97 Å². The van der Waals surface area contributed by atoms with Crippen LogP contribution in [0, 0.1) is 23.6 Å². The molecule has 0 aromatic heterocycles. The van der Waals surface area contributed by atoms with Crippen molar-refractivity contribution in [3.8, 4) is 11.5 Å². The molecule has 0 amide bonds. The number of hydrogen-bond donors (Lipinski definition) is 1. The normalized spacial score (nSPS) is 22.6. The molecule has 4 nitrogen and oxygen atoms in total. The van der Waals surface area contributed by atoms with Gasteiger partial charge in [-0.1, -0.05) is 19.1 Å². The highest BCUT2D eigenvalue weighted by molar-refractivity contribution is 5.71. The Balaban J connectivity index is 1.40. The third-order valence-corrected chi connectivity index (χ3v) is 6.29. The van der Waals surface area contributed by atoms with Gasteiger partial charge in [-0.25, -0.2) is 4.39 Å². The molecule has 2 fully saturated rings. The van der Waals surface area contributed by atoms with Gasteiger partial charge in [0.1, 0.15) is 17.3 Å². The highest BCUT2D eigenvalue weighted by Gasteiger charge is 2.41. The second kappa shape index (κ2) is 8.05. The van der Waals surface area contributed by atoms with Crippen LogP contribution >= 0.6 is 0 Å². The van der Waals surface area contributed by atoms with E-state index < -0.39 is 11.9 Å². The molecule has 2 aromatic carbocycles. The number of benzene rings is 2. The van der Waals surface area contributed by atoms with Gasteiger partial charge in [-0.05, 0) is 78.5 Å². The lowest BCUT2D eigenvalue weighted by molar-refractivity contribution is -0.142. The Labute approximate surface area is 170 Å². The van der Waals surface area contributed by atoms with Crippen molar-refractivity contribution in [2.24, 2.45) is 17.8 Å². The van der Waals surface area contributed by atoms with Crippen LogP contribution in [0.25, 0.3) is 0 Å². The van der Waals surface area contributed by atoms with Crippen LogP contribution in [-0.2, 0) is 4.79 Å². The zero-order valence-electron chi connectivity index (χ0n) is 16.8. The Hall–Kier alpha value is -2.56. The van der Waals surface area contributed by atoms with Gasteiger partial charge in [-0.2, -0.15) is 0 Å². The molecule has 5 heteroatoms. The number of rotatable bonds is 9. The molecular weight excluding hydrogens is 371 g/mol. The molecule has 154 valence electrons. The minimum atomic E-state index is -0.755. The number of ether oxygens (including phenoxy) is 2. The van der Waals surface area contributed by atoms with Crippen LogP contribution in [-0.4, -0.2) is 24.8 Å². The Morgan fingerprint density at radius 3 is 2.69 bits per heavy atom. The summed E-state index contributed by atoms with van der Waals surface area (Å²) < 4.78 is 25.4. The molecular formula is C24H27FO4. The molecule has 0 bridgehead atoms. The van der Waals surface area contributed by atoms with Crippen molar-refractivity contribution in [3.63, 3.8) is 0 Å². The van der Waals surface area contributed by atoms with Gasteiger partial charge in [0.15, 0.2) is 0 Å². The van der Waals surface area contributed by atoms with Crippen molar-refractivity contribution in [3.05, 3.63) is 59.4 Å². The topological polar surface area (TPSA) is 55.8 Å². The Morgan fingerprint density at radius 1 is 1.21 bits per heavy atom. The zero-order chi connectivity index (χ0) is 20.5. The van der Waals surface area contributed by atoms with Gasteiger partial charge in [0.2, 0.25) is 0 Å². The highest BCUT2D eigenvalue weighted by Crippen LogP contribution is 2.50. The number of carboxylic acid groups (broad SMARTS) is 1. The third kappa shape index (κ3) is 4.39. The average molecular weight is 398 g/mol. The Morgan fingerprint density at radius 2 is 2.00 bits per heavy atom.